The molecule has 2 heterocycles. The van der Waals surface area contributed by atoms with Gasteiger partial charge in [-0.1, -0.05) is 6.92 Å². The minimum absolute atomic E-state index is 0.382. The predicted molar refractivity (Wildman–Crippen MR) is 53.4 cm³/mol. The van der Waals surface area contributed by atoms with Crippen LogP contribution in [0.1, 0.15) is 20.3 Å². The van der Waals surface area contributed by atoms with Crippen LogP contribution in [-0.4, -0.2) is 54.6 Å². The summed E-state index contributed by atoms with van der Waals surface area (Å²) in [6.07, 6.45) is 1.17. The molecule has 90 valence electrons. The Hall–Kier alpha value is -0.200. The topological polar surface area (TPSA) is 74.8 Å². The zero-order valence-corrected chi connectivity index (χ0v) is 9.31. The monoisotopic (exact) mass is 220 g/mol. The van der Waals surface area contributed by atoms with Crippen LogP contribution in [0.15, 0.2) is 0 Å². The van der Waals surface area contributed by atoms with Crippen LogP contribution in [-0.2, 0) is 14.2 Å². The summed E-state index contributed by atoms with van der Waals surface area (Å²) in [5.41, 5.74) is 0. The van der Waals surface area contributed by atoms with Crippen LogP contribution < -0.4 is 0 Å². The van der Waals surface area contributed by atoms with E-state index in [0.29, 0.717) is 18.6 Å². The molecule has 0 saturated carbocycles. The van der Waals surface area contributed by atoms with Crippen molar-refractivity contribution in [3.8, 4) is 0 Å². The van der Waals surface area contributed by atoms with Crippen LogP contribution in [0.4, 0.5) is 0 Å². The smallest absolute Gasteiger partial charge is 0.159 e. The van der Waals surface area contributed by atoms with Gasteiger partial charge in [-0.25, -0.2) is 0 Å². The molecule has 0 aromatic carbocycles. The highest BCUT2D eigenvalue weighted by Crippen LogP contribution is 2.12. The van der Waals surface area contributed by atoms with Crippen molar-refractivity contribution < 1.29 is 24.4 Å². The van der Waals surface area contributed by atoms with Crippen molar-refractivity contribution in [2.75, 3.05) is 26.4 Å². The molecule has 2 aliphatic heterocycles. The Kier molecular flexibility index (Phi) is 4.95. The second kappa shape index (κ2) is 5.77. The predicted octanol–water partition coefficient (Wildman–Crippen LogP) is -0.102. The molecule has 2 aliphatic rings. The van der Waals surface area contributed by atoms with E-state index < -0.39 is 5.79 Å². The van der Waals surface area contributed by atoms with Gasteiger partial charge >= 0.3 is 0 Å². The van der Waals surface area contributed by atoms with Crippen LogP contribution in [0, 0.1) is 0 Å². The minimum atomic E-state index is -1.46. The van der Waals surface area contributed by atoms with E-state index in [0.717, 1.165) is 26.4 Å². The highest BCUT2D eigenvalue weighted by atomic mass is 16.6. The Bertz CT molecular complexity index is 157. The molecule has 2 saturated heterocycles. The normalized spacial score (nSPS) is 28.0. The molecule has 15 heavy (non-hydrogen) atoms. The second-order valence-corrected chi connectivity index (χ2v) is 4.02. The second-order valence-electron chi connectivity index (χ2n) is 4.02. The lowest BCUT2D eigenvalue weighted by atomic mass is 10.3. The highest BCUT2D eigenvalue weighted by molar-refractivity contribution is 4.71. The molecule has 2 rings (SSSR count). The lowest BCUT2D eigenvalue weighted by Crippen LogP contribution is -2.20. The third-order valence-electron chi connectivity index (χ3n) is 2.08. The van der Waals surface area contributed by atoms with Crippen LogP contribution in [0.2, 0.25) is 0 Å². The molecule has 2 N–H and O–H groups in total. The first-order valence-corrected chi connectivity index (χ1v) is 5.27. The molecule has 5 heteroatoms. The van der Waals surface area contributed by atoms with Gasteiger partial charge in [-0.05, 0) is 13.3 Å². The van der Waals surface area contributed by atoms with Crippen LogP contribution in [0.5, 0.6) is 0 Å². The highest BCUT2D eigenvalue weighted by Gasteiger charge is 2.26. The Morgan fingerprint density at radius 2 is 1.53 bits per heavy atom. The number of hydrogen-bond acceptors (Lipinski definition) is 5. The number of hydrogen-bond donors (Lipinski definition) is 2. The van der Waals surface area contributed by atoms with E-state index in [2.05, 4.69) is 0 Å². The SMILES string of the molecule is C(OCC1CO1)C1CO1.CCC(C)(O)O. The van der Waals surface area contributed by atoms with Crippen LogP contribution in [0.3, 0.4) is 0 Å². The molecule has 0 aliphatic carbocycles. The van der Waals surface area contributed by atoms with Crippen molar-refractivity contribution in [2.24, 2.45) is 0 Å². The summed E-state index contributed by atoms with van der Waals surface area (Å²) in [4.78, 5) is 0. The molecule has 0 radical (unpaired) electrons. The van der Waals surface area contributed by atoms with E-state index >= 15 is 0 Å². The van der Waals surface area contributed by atoms with Gasteiger partial charge in [-0.15, -0.1) is 0 Å². The summed E-state index contributed by atoms with van der Waals surface area (Å²) in [6, 6.07) is 0. The Balaban J connectivity index is 0.000000167. The summed E-state index contributed by atoms with van der Waals surface area (Å²) in [5, 5.41) is 16.8. The van der Waals surface area contributed by atoms with Gasteiger partial charge in [0.15, 0.2) is 5.79 Å². The average Bonchev–Trinajstić information content (AvgIpc) is 2.98. The van der Waals surface area contributed by atoms with Crippen molar-refractivity contribution in [3.63, 3.8) is 0 Å². The van der Waals surface area contributed by atoms with Gasteiger partial charge in [0.05, 0.1) is 26.4 Å². The molecule has 2 atom stereocenters. The molecular weight excluding hydrogens is 200 g/mol. The average molecular weight is 220 g/mol. The van der Waals surface area contributed by atoms with Crippen LogP contribution in [0.25, 0.3) is 0 Å². The van der Waals surface area contributed by atoms with E-state index in [1.54, 1.807) is 6.92 Å². The number of aliphatic hydroxyl groups is 2. The zero-order valence-electron chi connectivity index (χ0n) is 9.31. The van der Waals surface area contributed by atoms with Gasteiger partial charge in [0.1, 0.15) is 12.2 Å². The lowest BCUT2D eigenvalue weighted by molar-refractivity contribution is -0.145. The van der Waals surface area contributed by atoms with Crippen molar-refractivity contribution in [2.45, 2.75) is 38.3 Å². The maximum absolute atomic E-state index is 8.38. The van der Waals surface area contributed by atoms with E-state index in [1.807, 2.05) is 0 Å². The first-order chi connectivity index (χ1) is 7.01. The molecule has 0 bridgehead atoms. The van der Waals surface area contributed by atoms with Crippen molar-refractivity contribution in [1.29, 1.82) is 0 Å². The Morgan fingerprint density at radius 3 is 1.73 bits per heavy atom. The summed E-state index contributed by atoms with van der Waals surface area (Å²) in [5.74, 6) is -1.46. The quantitative estimate of drug-likeness (QED) is 0.500. The summed E-state index contributed by atoms with van der Waals surface area (Å²) in [7, 11) is 0. The van der Waals surface area contributed by atoms with Crippen LogP contribution >= 0.6 is 0 Å². The summed E-state index contributed by atoms with van der Waals surface area (Å²) in [6.45, 7) is 6.32. The third-order valence-corrected chi connectivity index (χ3v) is 2.08. The largest absolute Gasteiger partial charge is 0.376 e. The van der Waals surface area contributed by atoms with Gasteiger partial charge < -0.3 is 24.4 Å². The molecule has 2 fully saturated rings. The maximum Gasteiger partial charge on any atom is 0.159 e. The van der Waals surface area contributed by atoms with Gasteiger partial charge in [0.25, 0.3) is 0 Å². The molecule has 0 amide bonds. The maximum atomic E-state index is 8.38. The standard InChI is InChI=1S/C6H10O3.C4H10O2/c1(5-3-8-5)7-2-6-4-9-6;1-3-4(2,5)6/h5-6H,1-4H2;5-6H,3H2,1-2H3. The Morgan fingerprint density at radius 1 is 1.20 bits per heavy atom. The molecule has 0 aromatic heterocycles. The van der Waals surface area contributed by atoms with Crippen molar-refractivity contribution in [1.82, 2.24) is 0 Å². The fraction of sp³-hybridized carbons (Fsp3) is 1.00. The van der Waals surface area contributed by atoms with Gasteiger partial charge in [-0.3, -0.25) is 0 Å². The van der Waals surface area contributed by atoms with Gasteiger partial charge in [0.2, 0.25) is 0 Å². The Labute approximate surface area is 89.9 Å². The minimum Gasteiger partial charge on any atom is -0.376 e. The number of ether oxygens (including phenoxy) is 3. The molecule has 0 aromatic rings. The first kappa shape index (κ1) is 12.9. The fourth-order valence-corrected chi connectivity index (χ4v) is 0.659. The summed E-state index contributed by atoms with van der Waals surface area (Å²) < 4.78 is 15.1. The zero-order chi connectivity index (χ0) is 11.3. The fourth-order valence-electron chi connectivity index (χ4n) is 0.659. The van der Waals surface area contributed by atoms with E-state index in [-0.39, 0.29) is 0 Å². The van der Waals surface area contributed by atoms with Crippen molar-refractivity contribution >= 4 is 0 Å². The third kappa shape index (κ3) is 8.77. The van der Waals surface area contributed by atoms with Gasteiger partial charge in [-0.2, -0.15) is 0 Å². The van der Waals surface area contributed by atoms with Crippen molar-refractivity contribution in [3.05, 3.63) is 0 Å². The molecule has 0 spiro atoms. The van der Waals surface area contributed by atoms with E-state index in [9.17, 15) is 0 Å². The number of rotatable bonds is 5. The van der Waals surface area contributed by atoms with Gasteiger partial charge in [0, 0.05) is 0 Å². The molecule has 2 unspecified atom stereocenters. The van der Waals surface area contributed by atoms with E-state index in [4.69, 9.17) is 24.4 Å². The lowest BCUT2D eigenvalue weighted by Gasteiger charge is -2.10. The van der Waals surface area contributed by atoms with E-state index in [1.165, 1.54) is 6.92 Å². The molecule has 5 nitrogen and oxygen atoms in total. The first-order valence-electron chi connectivity index (χ1n) is 5.27. The molecular formula is C10H20O5. The number of epoxide rings is 2. The summed E-state index contributed by atoms with van der Waals surface area (Å²) >= 11 is 0.